The molecule has 2 aromatic rings. The van der Waals surface area contributed by atoms with Crippen molar-refractivity contribution in [1.82, 2.24) is 15.0 Å². The molecule has 1 aromatic heterocycles. The van der Waals surface area contributed by atoms with Crippen molar-refractivity contribution >= 4 is 5.97 Å². The highest BCUT2D eigenvalue weighted by atomic mass is 16.5. The Hall–Kier alpha value is -2.43. The number of rotatable bonds is 15. The fourth-order valence-corrected chi connectivity index (χ4v) is 3.46. The second-order valence-electron chi connectivity index (χ2n) is 7.47. The second kappa shape index (κ2) is 13.7. The molecule has 1 aromatic carbocycles. The molecule has 0 radical (unpaired) electrons. The predicted octanol–water partition coefficient (Wildman–Crippen LogP) is 6.10. The fourth-order valence-electron chi connectivity index (χ4n) is 3.46. The van der Waals surface area contributed by atoms with Gasteiger partial charge in [-0.25, -0.2) is 9.48 Å². The van der Waals surface area contributed by atoms with Gasteiger partial charge in [-0.15, -0.1) is 5.10 Å². The third kappa shape index (κ3) is 8.22. The van der Waals surface area contributed by atoms with Crippen LogP contribution >= 0.6 is 0 Å². The number of carbonyl (C=O) groups is 1. The van der Waals surface area contributed by atoms with Crippen LogP contribution < -0.4 is 0 Å². The summed E-state index contributed by atoms with van der Waals surface area (Å²) in [7, 11) is 0. The molecular weight excluding hydrogens is 362 g/mol. The summed E-state index contributed by atoms with van der Waals surface area (Å²) in [5, 5.41) is 8.59. The summed E-state index contributed by atoms with van der Waals surface area (Å²) in [5.41, 5.74) is 2.64. The maximum absolute atomic E-state index is 11.4. The van der Waals surface area contributed by atoms with E-state index < -0.39 is 5.97 Å². The number of aryl methyl sites for hydroxylation is 1. The van der Waals surface area contributed by atoms with E-state index in [0.29, 0.717) is 5.69 Å². The highest BCUT2D eigenvalue weighted by Gasteiger charge is 2.16. The first kappa shape index (κ1) is 22.9. The molecule has 0 N–H and O–H groups in total. The van der Waals surface area contributed by atoms with E-state index in [1.165, 1.54) is 57.8 Å². The van der Waals surface area contributed by atoms with E-state index in [9.17, 15) is 4.79 Å². The second-order valence-corrected chi connectivity index (χ2v) is 7.47. The van der Waals surface area contributed by atoms with E-state index >= 15 is 0 Å². The molecule has 158 valence electrons. The van der Waals surface area contributed by atoms with Crippen LogP contribution in [0.5, 0.6) is 0 Å². The van der Waals surface area contributed by atoms with Crippen LogP contribution in [0, 0.1) is 0 Å². The number of benzene rings is 1. The van der Waals surface area contributed by atoms with E-state index in [-0.39, 0.29) is 6.61 Å². The Kier molecular flexibility index (Phi) is 10.8. The van der Waals surface area contributed by atoms with Gasteiger partial charge in [0.05, 0.1) is 5.69 Å². The molecule has 0 bridgehead atoms. The van der Waals surface area contributed by atoms with Crippen LogP contribution in [0.1, 0.15) is 76.8 Å². The minimum atomic E-state index is -0.451. The third-order valence-electron chi connectivity index (χ3n) is 5.09. The van der Waals surface area contributed by atoms with Crippen molar-refractivity contribution in [3.63, 3.8) is 0 Å². The van der Waals surface area contributed by atoms with Gasteiger partial charge in [0.2, 0.25) is 0 Å². The molecule has 29 heavy (non-hydrogen) atoms. The Morgan fingerprint density at radius 3 is 2.24 bits per heavy atom. The Morgan fingerprint density at radius 1 is 1.00 bits per heavy atom. The molecule has 0 unspecified atom stereocenters. The van der Waals surface area contributed by atoms with Gasteiger partial charge in [-0.05, 0) is 6.42 Å². The maximum atomic E-state index is 11.4. The summed E-state index contributed by atoms with van der Waals surface area (Å²) < 4.78 is 7.13. The van der Waals surface area contributed by atoms with Gasteiger partial charge in [-0.3, -0.25) is 0 Å². The molecule has 0 aliphatic heterocycles. The molecule has 5 nitrogen and oxygen atoms in total. The van der Waals surface area contributed by atoms with Gasteiger partial charge in [0.1, 0.15) is 12.3 Å². The first-order valence-electron chi connectivity index (χ1n) is 11.0. The molecule has 0 saturated heterocycles. The van der Waals surface area contributed by atoms with Crippen molar-refractivity contribution in [3.05, 3.63) is 48.7 Å². The van der Waals surface area contributed by atoms with Gasteiger partial charge < -0.3 is 4.74 Å². The minimum absolute atomic E-state index is 0.104. The first-order chi connectivity index (χ1) is 14.3. The maximum Gasteiger partial charge on any atom is 0.330 e. The van der Waals surface area contributed by atoms with Crippen LogP contribution in [0.3, 0.4) is 0 Å². The van der Waals surface area contributed by atoms with Crippen LogP contribution in [-0.4, -0.2) is 21.0 Å². The Labute approximate surface area is 175 Å². The SMILES string of the molecule is C=CC(=O)OCc1nnn(CCCCCCCCCCCC)c1-c1ccccc1. The molecular formula is C24H35N3O2. The molecule has 0 saturated carbocycles. The van der Waals surface area contributed by atoms with E-state index in [1.54, 1.807) is 0 Å². The fraction of sp³-hybridized carbons (Fsp3) is 0.542. The normalized spacial score (nSPS) is 10.8. The van der Waals surface area contributed by atoms with Gasteiger partial charge in [0.15, 0.2) is 0 Å². The van der Waals surface area contributed by atoms with E-state index in [1.807, 2.05) is 35.0 Å². The molecule has 0 fully saturated rings. The van der Waals surface area contributed by atoms with Crippen molar-refractivity contribution in [2.45, 2.75) is 84.3 Å². The molecule has 0 atom stereocenters. The summed E-state index contributed by atoms with van der Waals surface area (Å²) in [6.45, 7) is 6.62. The van der Waals surface area contributed by atoms with Crippen molar-refractivity contribution in [3.8, 4) is 11.3 Å². The zero-order chi connectivity index (χ0) is 20.7. The summed E-state index contributed by atoms with van der Waals surface area (Å²) in [4.78, 5) is 11.4. The Balaban J connectivity index is 1.83. The molecule has 0 aliphatic rings. The standard InChI is InChI=1S/C24H35N3O2/c1-3-5-6-7-8-9-10-11-12-16-19-27-24(21-17-14-13-15-18-21)22(25-26-27)20-29-23(28)4-2/h4,13-15,17-18H,2-3,5-12,16,19-20H2,1H3. The van der Waals surface area contributed by atoms with E-state index in [0.717, 1.165) is 30.3 Å². The lowest BCUT2D eigenvalue weighted by molar-refractivity contribution is -0.139. The quantitative estimate of drug-likeness (QED) is 0.207. The Morgan fingerprint density at radius 2 is 1.62 bits per heavy atom. The zero-order valence-electron chi connectivity index (χ0n) is 17.8. The summed E-state index contributed by atoms with van der Waals surface area (Å²) in [6, 6.07) is 10.0. The van der Waals surface area contributed by atoms with Gasteiger partial charge in [0.25, 0.3) is 0 Å². The summed E-state index contributed by atoms with van der Waals surface area (Å²) in [5.74, 6) is -0.451. The molecule has 5 heteroatoms. The van der Waals surface area contributed by atoms with Crippen LogP contribution in [0.2, 0.25) is 0 Å². The van der Waals surface area contributed by atoms with E-state index in [4.69, 9.17) is 4.74 Å². The predicted molar refractivity (Wildman–Crippen MR) is 117 cm³/mol. The number of ether oxygens (including phenoxy) is 1. The number of carbonyl (C=O) groups excluding carboxylic acids is 1. The number of hydrogen-bond donors (Lipinski definition) is 0. The molecule has 0 aliphatic carbocycles. The first-order valence-corrected chi connectivity index (χ1v) is 11.0. The Bertz CT molecular complexity index is 725. The van der Waals surface area contributed by atoms with Gasteiger partial charge in [-0.2, -0.15) is 0 Å². The van der Waals surface area contributed by atoms with E-state index in [2.05, 4.69) is 23.8 Å². The number of esters is 1. The van der Waals surface area contributed by atoms with Crippen molar-refractivity contribution < 1.29 is 9.53 Å². The topological polar surface area (TPSA) is 57.0 Å². The number of unbranched alkanes of at least 4 members (excludes halogenated alkanes) is 9. The summed E-state index contributed by atoms with van der Waals surface area (Å²) >= 11 is 0. The molecule has 1 heterocycles. The lowest BCUT2D eigenvalue weighted by Gasteiger charge is -2.09. The summed E-state index contributed by atoms with van der Waals surface area (Å²) in [6.07, 6.45) is 14.2. The van der Waals surface area contributed by atoms with Gasteiger partial charge >= 0.3 is 5.97 Å². The third-order valence-corrected chi connectivity index (χ3v) is 5.09. The van der Waals surface area contributed by atoms with Gasteiger partial charge in [-0.1, -0.05) is 107 Å². The highest BCUT2D eigenvalue weighted by Crippen LogP contribution is 2.23. The molecule has 0 amide bonds. The highest BCUT2D eigenvalue weighted by molar-refractivity contribution is 5.81. The van der Waals surface area contributed by atoms with Crippen LogP contribution in [0.15, 0.2) is 43.0 Å². The molecule has 2 rings (SSSR count). The average molecular weight is 398 g/mol. The van der Waals surface area contributed by atoms with Gasteiger partial charge in [0, 0.05) is 18.2 Å². The van der Waals surface area contributed by atoms with Crippen LogP contribution in [-0.2, 0) is 22.7 Å². The van der Waals surface area contributed by atoms with Crippen LogP contribution in [0.4, 0.5) is 0 Å². The number of aromatic nitrogens is 3. The lowest BCUT2D eigenvalue weighted by Crippen LogP contribution is -2.05. The monoisotopic (exact) mass is 397 g/mol. The van der Waals surface area contributed by atoms with Crippen LogP contribution in [0.25, 0.3) is 11.3 Å². The van der Waals surface area contributed by atoms with Crippen molar-refractivity contribution in [2.75, 3.05) is 0 Å². The van der Waals surface area contributed by atoms with Crippen molar-refractivity contribution in [2.24, 2.45) is 0 Å². The molecule has 0 spiro atoms. The smallest absolute Gasteiger partial charge is 0.330 e. The largest absolute Gasteiger partial charge is 0.456 e. The lowest BCUT2D eigenvalue weighted by atomic mass is 10.1. The average Bonchev–Trinajstić information content (AvgIpc) is 3.16. The number of hydrogen-bond acceptors (Lipinski definition) is 4. The zero-order valence-corrected chi connectivity index (χ0v) is 17.8. The minimum Gasteiger partial charge on any atom is -0.456 e. The number of nitrogens with zero attached hydrogens (tertiary/aromatic N) is 3. The van der Waals surface area contributed by atoms with Crippen molar-refractivity contribution in [1.29, 1.82) is 0 Å².